The molecule has 0 bridgehead atoms. The highest BCUT2D eigenvalue weighted by Crippen LogP contribution is 2.37. The largest absolute Gasteiger partial charge is 0.294 e. The maximum Gasteiger partial charge on any atom is 0.165 e. The van der Waals surface area contributed by atoms with Crippen molar-refractivity contribution in [3.8, 4) is 0 Å². The predicted molar refractivity (Wildman–Crippen MR) is 621 cm³/mol. The molecule has 9 aromatic rings. The molecule has 0 N–H and O–H groups in total. The molecule has 9 nitrogen and oxygen atoms in total. The first kappa shape index (κ1) is 56.1. The van der Waals surface area contributed by atoms with E-state index in [2.05, 4.69) is 0 Å². The fraction of sp³-hybridized carbons (Fsp3) is 0.500. The molecular weight excluding hydrogens is 1980 g/mol. The normalized spacial score (nSPS) is 24.7. The summed E-state index contributed by atoms with van der Waals surface area (Å²) >= 11 is 52.2. The molecule has 792 valence electrons. The molecular formula is C126H171Cl9O9. The number of Topliss-reactive ketones (excluding diaryl/α,β-unsaturated/α-hetero) is 9. The van der Waals surface area contributed by atoms with Gasteiger partial charge in [-0.1, -0.05) is 461 Å². The SMILES string of the molecule is [2H]C([2H])([2H])C(C)(C)C[C@@]([2H])(C)C(=O)c1cccc(Cl)c1.[2H]C([2H])([2H])C(C)(C)C[C@]([2H])(C)C(=O)c1cccc(Cl)c1.[2H]C([2H])([2H])C(C)(C[C@@]([2H])(C)C(=O)c1cccc(Cl)c1)C([2H])([2H])[2H].[2H]C([2H])([2H])C(C)(C[C@]([2H])(C)C(=O)c1cccc(Cl)c1)C([2H])([2H])[2H].[2H]C([2H])([2H])C(C[C@@]([2H])(C)C(=O)c1cccc(Cl)c1)(C([2H])([2H])[2H])C([2H])([2H])[2H].[2H]C([2H])([2H])C(C[C@]([2H])(C)C(=O)c1cccc(Cl)c1)(C([2H])([2H])[2H])C([2H])([2H])[2H].[2H]c1c([2H])c(Cl)c([2H])c(C(=O)C([2H])(C)CC(C([2H])([2H])[2H])(C([2H])([2H])[2H])C([2H])([2H])[2H])c1[2H].[2H]c1c([2H])c(Cl)c([2H])c(C(=O)[C@]([2H])(C)CC(C([2H])([2H])[2H])(C([2H])([2H])[2H])C([2H])([2H])[2H])c1[2H].[2H]c1c([2H])c(Cl)c([2H])c(C(=O)[C@]([2H])(C)CC(C)(C)C)c1[2H]. The number of halogens is 9. The lowest BCUT2D eigenvalue weighted by atomic mass is 9.82. The molecule has 0 spiro atoms. The van der Waals surface area contributed by atoms with Gasteiger partial charge in [0.15, 0.2) is 52.0 Å². The summed E-state index contributed by atoms with van der Waals surface area (Å²) in [7, 11) is 0. The second-order valence-corrected chi connectivity index (χ2v) is 40.6. The monoisotopic (exact) mass is 2220 g/mol. The first-order valence-corrected chi connectivity index (χ1v) is 46.7. The van der Waals surface area contributed by atoms with Crippen molar-refractivity contribution in [2.24, 2.45) is 102 Å². The molecule has 0 amide bonds. The molecule has 9 atom stereocenters. The van der Waals surface area contributed by atoms with Gasteiger partial charge in [-0.25, -0.2) is 0 Å². The highest BCUT2D eigenvalue weighted by atomic mass is 35.5. The van der Waals surface area contributed by atoms with Crippen molar-refractivity contribution in [2.45, 2.75) is 306 Å². The third kappa shape index (κ3) is 60.3. The van der Waals surface area contributed by atoms with E-state index in [4.69, 9.17) is 207 Å². The van der Waals surface area contributed by atoms with Crippen LogP contribution in [0.3, 0.4) is 0 Å². The Labute approximate surface area is 1020 Å². The van der Waals surface area contributed by atoms with Crippen LogP contribution < -0.4 is 0 Å². The zero-order valence-electron chi connectivity index (χ0n) is 158. The lowest BCUT2D eigenvalue weighted by Crippen LogP contribution is -2.18. The van der Waals surface area contributed by atoms with Gasteiger partial charge in [0.05, 0.1) is 16.4 Å². The lowest BCUT2D eigenvalue weighted by molar-refractivity contribution is 0.0891. The summed E-state index contributed by atoms with van der Waals surface area (Å²) in [6, 6.07) is 27.1. The predicted octanol–water partition coefficient (Wildman–Crippen LogP) is 41.4. The van der Waals surface area contributed by atoms with E-state index in [1.165, 1.54) is 120 Å². The van der Waals surface area contributed by atoms with E-state index in [0.29, 0.717) is 31.2 Å². The molecule has 0 fully saturated rings. The molecule has 1 unspecified atom stereocenters. The van der Waals surface area contributed by atoms with Crippen LogP contribution in [0.1, 0.15) is 502 Å². The van der Waals surface area contributed by atoms with Crippen LogP contribution in [-0.4, -0.2) is 52.0 Å². The summed E-state index contributed by atoms with van der Waals surface area (Å²) in [5.41, 5.74) is -21.5. The highest BCUT2D eigenvalue weighted by Gasteiger charge is 2.31. The fourth-order valence-corrected chi connectivity index (χ4v) is 14.3. The minimum atomic E-state index is -3.64. The Bertz CT molecular complexity index is 8330. The van der Waals surface area contributed by atoms with Gasteiger partial charge in [-0.15, -0.1) is 0 Å². The van der Waals surface area contributed by atoms with E-state index < -0.39 is 404 Å². The zero-order chi connectivity index (χ0) is 175. The van der Waals surface area contributed by atoms with E-state index in [-0.39, 0.29) is 67.6 Å². The number of benzene rings is 9. The van der Waals surface area contributed by atoms with Crippen molar-refractivity contribution in [3.05, 3.63) is 313 Å². The van der Waals surface area contributed by atoms with Crippen LogP contribution in [0.5, 0.6) is 0 Å². The molecule has 0 aromatic heterocycles. The Hall–Kier alpha value is -7.38. The van der Waals surface area contributed by atoms with Gasteiger partial charge in [0, 0.05) is 235 Å². The molecule has 144 heavy (non-hydrogen) atoms. The van der Waals surface area contributed by atoms with Crippen LogP contribution in [0.2, 0.25) is 45.2 Å². The van der Waals surface area contributed by atoms with Gasteiger partial charge in [-0.2, -0.15) is 0 Å². The number of hydrogen-bond acceptors (Lipinski definition) is 9. The molecule has 0 saturated heterocycles. The molecule has 9 aromatic carbocycles. The summed E-state index contributed by atoms with van der Waals surface area (Å²) < 4.78 is 577. The van der Waals surface area contributed by atoms with Gasteiger partial charge in [0.1, 0.15) is 0 Å². The summed E-state index contributed by atoms with van der Waals surface area (Å²) in [4.78, 5) is 114. The first-order chi connectivity index (χ1) is 96.1. The summed E-state index contributed by atoms with van der Waals surface area (Å²) in [6.45, 7) is -33.9. The summed E-state index contributed by atoms with van der Waals surface area (Å²) in [5.74, 6) is -26.1. The third-order valence-electron chi connectivity index (χ3n) is 18.0. The van der Waals surface area contributed by atoms with E-state index in [9.17, 15) is 43.2 Å². The number of hydrogen-bond donors (Lipinski definition) is 0. The summed E-state index contributed by atoms with van der Waals surface area (Å²) in [5, 5.41) is 0.185. The standard InChI is InChI=1S/9C14H19ClO/c9*1-10(9-14(2,3)4)13(16)11-6-5-7-12(15)8-11/h9*5-8,10H,9H2,1-4H3/t8*10-;/m11111000./s1/i2D3,3D3,4D3,5D,6D,7D,8D,10D;5D,6D,7D,8D,10D;2D3,3D3,4D3,10D;2D3,3D3,10D;2D3,10D;2D3,3D3,4D3,10D;2D3,3D3,10D;2D3,10D;2D3,3D3,4D3,5D,6D,7D,8D,10D. The van der Waals surface area contributed by atoms with Crippen molar-refractivity contribution in [2.75, 3.05) is 0 Å². The van der Waals surface area contributed by atoms with Crippen LogP contribution in [0.4, 0.5) is 0 Å². The van der Waals surface area contributed by atoms with Crippen LogP contribution in [0.15, 0.2) is 218 Å². The first-order valence-electron chi connectivity index (χ1n) is 80.8. The average molecular weight is 2220 g/mol. The number of ketones is 9. The minimum Gasteiger partial charge on any atom is -0.294 e. The molecule has 0 aliphatic rings. The van der Waals surface area contributed by atoms with Crippen LogP contribution in [0.25, 0.3) is 0 Å². The Morgan fingerprint density at radius 2 is 0.347 bits per heavy atom. The molecule has 18 heteroatoms. The topological polar surface area (TPSA) is 154 Å². The minimum absolute atomic E-state index is 0.0366. The van der Waals surface area contributed by atoms with Crippen molar-refractivity contribution in [3.63, 3.8) is 0 Å². The maximum atomic E-state index is 13.0. The Balaban J connectivity index is 0.00000124. The second-order valence-electron chi connectivity index (χ2n) is 36.8. The van der Waals surface area contributed by atoms with E-state index >= 15 is 0 Å². The fourth-order valence-electron chi connectivity index (χ4n) is 12.7. The van der Waals surface area contributed by atoms with Gasteiger partial charge in [0.2, 0.25) is 0 Å². The lowest BCUT2D eigenvalue weighted by Gasteiger charge is -2.22. The second kappa shape index (κ2) is 61.7. The van der Waals surface area contributed by atoms with E-state index in [1.807, 2.05) is 20.8 Å². The van der Waals surface area contributed by atoms with Gasteiger partial charge >= 0.3 is 0 Å². The highest BCUT2D eigenvalue weighted by molar-refractivity contribution is 6.34. The number of carbonyl (C=O) groups excluding carboxylic acids is 9. The molecule has 0 aliphatic carbocycles. The molecule has 9 rings (SSSR count). The zero-order valence-corrected chi connectivity index (χ0v) is 89.6. The van der Waals surface area contributed by atoms with Crippen molar-refractivity contribution >= 4 is 156 Å². The van der Waals surface area contributed by atoms with E-state index in [1.54, 1.807) is 88.4 Å². The maximum absolute atomic E-state index is 13.0. The van der Waals surface area contributed by atoms with Gasteiger partial charge < -0.3 is 0 Å². The number of carbonyl (C=O) groups is 9. The van der Waals surface area contributed by atoms with Gasteiger partial charge in [-0.05, 0) is 216 Å². The van der Waals surface area contributed by atoms with Crippen LogP contribution in [-0.2, 0) is 0 Å². The average Bonchev–Trinajstić information content (AvgIpc) is 0.707. The molecule has 0 heterocycles. The van der Waals surface area contributed by atoms with Crippen molar-refractivity contribution in [1.29, 1.82) is 0 Å². The van der Waals surface area contributed by atoms with Crippen molar-refractivity contribution in [1.82, 2.24) is 0 Å². The Morgan fingerprint density at radius 3 is 0.493 bits per heavy atom. The van der Waals surface area contributed by atoms with Gasteiger partial charge in [-0.3, -0.25) is 43.2 Å². The third-order valence-corrected chi connectivity index (χ3v) is 20.0. The van der Waals surface area contributed by atoms with Crippen molar-refractivity contribution < 1.29 is 146 Å². The molecule has 0 radical (unpaired) electrons. The van der Waals surface area contributed by atoms with Crippen LogP contribution >= 0.6 is 104 Å². The smallest absolute Gasteiger partial charge is 0.165 e. The van der Waals surface area contributed by atoms with Gasteiger partial charge in [0.25, 0.3) is 0 Å². The molecule has 0 aliphatic heterocycles. The summed E-state index contributed by atoms with van der Waals surface area (Å²) in [6.07, 6.45) is -6.47. The van der Waals surface area contributed by atoms with Crippen LogP contribution in [0, 0.1) is 102 Å². The van der Waals surface area contributed by atoms with E-state index in [0.717, 1.165) is 41.5 Å². The quantitative estimate of drug-likeness (QED) is 0.0458. The Morgan fingerprint density at radius 1 is 0.208 bits per heavy atom. The molecule has 0 saturated carbocycles. The Kier molecular flexibility index (Phi) is 24.0. The number of rotatable bonds is 27.